The first-order chi connectivity index (χ1) is 8.13. The van der Waals surface area contributed by atoms with Crippen LogP contribution >= 0.6 is 24.8 Å². The van der Waals surface area contributed by atoms with Gasteiger partial charge < -0.3 is 15.7 Å². The van der Waals surface area contributed by atoms with Gasteiger partial charge in [0.1, 0.15) is 5.75 Å². The Morgan fingerprint density at radius 2 is 1.84 bits per heavy atom. The molecule has 0 unspecified atom stereocenters. The number of nitrogen functional groups attached to an aromatic ring is 1. The van der Waals surface area contributed by atoms with Gasteiger partial charge in [0.2, 0.25) is 0 Å². The molecule has 5 heteroatoms. The molecule has 1 rings (SSSR count). The van der Waals surface area contributed by atoms with Gasteiger partial charge in [-0.25, -0.2) is 0 Å². The van der Waals surface area contributed by atoms with Crippen LogP contribution in [0.4, 0.5) is 5.69 Å². The van der Waals surface area contributed by atoms with Gasteiger partial charge in [0.25, 0.3) is 0 Å². The number of aromatic hydroxyl groups is 1. The molecule has 0 heterocycles. The molecular formula is C14H26Cl2N2O. The Bertz CT molecular complexity index is 348. The van der Waals surface area contributed by atoms with E-state index in [0.717, 1.165) is 18.7 Å². The summed E-state index contributed by atoms with van der Waals surface area (Å²) in [4.78, 5) is 2.23. The molecule has 0 saturated heterocycles. The molecule has 0 aliphatic carbocycles. The van der Waals surface area contributed by atoms with Crippen LogP contribution in [-0.4, -0.2) is 23.6 Å². The maximum absolute atomic E-state index is 9.71. The molecular weight excluding hydrogens is 283 g/mol. The molecule has 3 N–H and O–H groups in total. The van der Waals surface area contributed by atoms with Crippen molar-refractivity contribution < 1.29 is 5.11 Å². The first kappa shape index (κ1) is 20.7. The number of phenols is 1. The summed E-state index contributed by atoms with van der Waals surface area (Å²) in [7, 11) is 2.08. The van der Waals surface area contributed by atoms with Crippen molar-refractivity contribution in [3.8, 4) is 5.75 Å². The van der Waals surface area contributed by atoms with E-state index in [9.17, 15) is 5.11 Å². The third-order valence-electron chi connectivity index (χ3n) is 2.94. The quantitative estimate of drug-likeness (QED) is 0.457. The molecule has 0 atom stereocenters. The van der Waals surface area contributed by atoms with E-state index in [0.29, 0.717) is 11.4 Å². The summed E-state index contributed by atoms with van der Waals surface area (Å²) in [6.45, 7) is 4.03. The van der Waals surface area contributed by atoms with Gasteiger partial charge in [-0.2, -0.15) is 0 Å². The highest BCUT2D eigenvalue weighted by atomic mass is 35.5. The van der Waals surface area contributed by atoms with Crippen LogP contribution in [0.1, 0.15) is 38.2 Å². The first-order valence-electron chi connectivity index (χ1n) is 6.39. The zero-order valence-electron chi connectivity index (χ0n) is 11.8. The standard InChI is InChI=1S/C14H24N2O.2ClH/c1-3-4-5-6-9-16(2)11-12-10-13(15)7-8-14(12)17;;/h7-8,10,17H,3-6,9,11,15H2,1-2H3;2*1H. The fourth-order valence-electron chi connectivity index (χ4n) is 1.91. The predicted molar refractivity (Wildman–Crippen MR) is 87.5 cm³/mol. The Hall–Kier alpha value is -0.640. The minimum Gasteiger partial charge on any atom is -0.508 e. The Morgan fingerprint density at radius 1 is 1.16 bits per heavy atom. The van der Waals surface area contributed by atoms with Gasteiger partial charge in [-0.05, 0) is 38.2 Å². The number of hydrogen-bond acceptors (Lipinski definition) is 3. The van der Waals surface area contributed by atoms with Crippen LogP contribution in [-0.2, 0) is 6.54 Å². The SMILES string of the molecule is CCCCCCN(C)Cc1cc(N)ccc1O.Cl.Cl. The van der Waals surface area contributed by atoms with Crippen molar-refractivity contribution in [2.45, 2.75) is 39.2 Å². The summed E-state index contributed by atoms with van der Waals surface area (Å²) in [5.74, 6) is 0.333. The summed E-state index contributed by atoms with van der Waals surface area (Å²) in [5.41, 5.74) is 7.32. The van der Waals surface area contributed by atoms with Crippen molar-refractivity contribution in [2.75, 3.05) is 19.3 Å². The normalized spacial score (nSPS) is 9.84. The monoisotopic (exact) mass is 308 g/mol. The van der Waals surface area contributed by atoms with E-state index >= 15 is 0 Å². The van der Waals surface area contributed by atoms with Crippen LogP contribution in [0, 0.1) is 0 Å². The van der Waals surface area contributed by atoms with Crippen LogP contribution in [0.3, 0.4) is 0 Å². The van der Waals surface area contributed by atoms with E-state index in [1.807, 2.05) is 6.07 Å². The molecule has 112 valence electrons. The van der Waals surface area contributed by atoms with Crippen LogP contribution < -0.4 is 5.73 Å². The lowest BCUT2D eigenvalue weighted by atomic mass is 10.1. The summed E-state index contributed by atoms with van der Waals surface area (Å²) < 4.78 is 0. The Balaban J connectivity index is 0. The van der Waals surface area contributed by atoms with Crippen molar-refractivity contribution >= 4 is 30.5 Å². The molecule has 3 nitrogen and oxygen atoms in total. The van der Waals surface area contributed by atoms with E-state index in [1.165, 1.54) is 25.7 Å². The van der Waals surface area contributed by atoms with Gasteiger partial charge in [0, 0.05) is 17.8 Å². The maximum Gasteiger partial charge on any atom is 0.120 e. The molecule has 0 saturated carbocycles. The highest BCUT2D eigenvalue weighted by molar-refractivity contribution is 5.85. The topological polar surface area (TPSA) is 49.5 Å². The second-order valence-corrected chi connectivity index (χ2v) is 4.69. The number of hydrogen-bond donors (Lipinski definition) is 2. The molecule has 0 aromatic heterocycles. The number of rotatable bonds is 7. The van der Waals surface area contributed by atoms with Crippen LogP contribution in [0.2, 0.25) is 0 Å². The summed E-state index contributed by atoms with van der Waals surface area (Å²) in [6, 6.07) is 5.23. The summed E-state index contributed by atoms with van der Waals surface area (Å²) in [6.07, 6.45) is 5.06. The zero-order valence-corrected chi connectivity index (χ0v) is 13.4. The molecule has 0 amide bonds. The van der Waals surface area contributed by atoms with E-state index < -0.39 is 0 Å². The minimum atomic E-state index is 0. The van der Waals surface area contributed by atoms with E-state index in [4.69, 9.17) is 5.73 Å². The van der Waals surface area contributed by atoms with Gasteiger partial charge in [0.15, 0.2) is 0 Å². The highest BCUT2D eigenvalue weighted by Crippen LogP contribution is 2.21. The van der Waals surface area contributed by atoms with Gasteiger partial charge in [-0.3, -0.25) is 0 Å². The molecule has 0 aliphatic heterocycles. The average Bonchev–Trinajstić information content (AvgIpc) is 2.29. The highest BCUT2D eigenvalue weighted by Gasteiger charge is 2.05. The second-order valence-electron chi connectivity index (χ2n) is 4.69. The number of benzene rings is 1. The van der Waals surface area contributed by atoms with Crippen LogP contribution in [0.25, 0.3) is 0 Å². The number of halogens is 2. The van der Waals surface area contributed by atoms with E-state index in [1.54, 1.807) is 12.1 Å². The van der Waals surface area contributed by atoms with Gasteiger partial charge in [0.05, 0.1) is 0 Å². The second kappa shape index (κ2) is 11.2. The molecule has 0 aliphatic rings. The average molecular weight is 309 g/mol. The Morgan fingerprint density at radius 3 is 2.47 bits per heavy atom. The lowest BCUT2D eigenvalue weighted by molar-refractivity contribution is 0.311. The van der Waals surface area contributed by atoms with Crippen LogP contribution in [0.5, 0.6) is 5.75 Å². The molecule has 0 bridgehead atoms. The zero-order chi connectivity index (χ0) is 12.7. The Kier molecular flexibility index (Phi) is 12.2. The molecule has 1 aromatic carbocycles. The van der Waals surface area contributed by atoms with Crippen molar-refractivity contribution in [1.82, 2.24) is 4.90 Å². The summed E-state index contributed by atoms with van der Waals surface area (Å²) >= 11 is 0. The number of phenolic OH excluding ortho intramolecular Hbond substituents is 1. The summed E-state index contributed by atoms with van der Waals surface area (Å²) in [5, 5.41) is 9.71. The number of anilines is 1. The lowest BCUT2D eigenvalue weighted by Crippen LogP contribution is -2.19. The third-order valence-corrected chi connectivity index (χ3v) is 2.94. The van der Waals surface area contributed by atoms with E-state index in [2.05, 4.69) is 18.9 Å². The first-order valence-corrected chi connectivity index (χ1v) is 6.39. The van der Waals surface area contributed by atoms with Crippen LogP contribution in [0.15, 0.2) is 18.2 Å². The van der Waals surface area contributed by atoms with Crippen molar-refractivity contribution in [2.24, 2.45) is 0 Å². The molecule has 0 radical (unpaired) electrons. The fraction of sp³-hybridized carbons (Fsp3) is 0.571. The molecule has 0 spiro atoms. The van der Waals surface area contributed by atoms with Crippen molar-refractivity contribution in [3.05, 3.63) is 23.8 Å². The largest absolute Gasteiger partial charge is 0.508 e. The smallest absolute Gasteiger partial charge is 0.120 e. The van der Waals surface area contributed by atoms with Crippen molar-refractivity contribution in [3.63, 3.8) is 0 Å². The number of nitrogens with two attached hydrogens (primary N) is 1. The fourth-order valence-corrected chi connectivity index (χ4v) is 1.91. The molecule has 19 heavy (non-hydrogen) atoms. The van der Waals surface area contributed by atoms with Gasteiger partial charge in [-0.1, -0.05) is 26.2 Å². The van der Waals surface area contributed by atoms with Gasteiger partial charge in [-0.15, -0.1) is 24.8 Å². The predicted octanol–water partition coefficient (Wildman–Crippen LogP) is 3.83. The Labute approximate surface area is 129 Å². The lowest BCUT2D eigenvalue weighted by Gasteiger charge is -2.17. The van der Waals surface area contributed by atoms with Crippen molar-refractivity contribution in [1.29, 1.82) is 0 Å². The number of nitrogens with zero attached hydrogens (tertiary/aromatic N) is 1. The number of unbranched alkanes of at least 4 members (excludes halogenated alkanes) is 3. The van der Waals surface area contributed by atoms with Gasteiger partial charge >= 0.3 is 0 Å². The minimum absolute atomic E-state index is 0. The molecule has 0 fully saturated rings. The molecule has 1 aromatic rings. The van der Waals surface area contributed by atoms with E-state index in [-0.39, 0.29) is 24.8 Å². The third kappa shape index (κ3) is 8.19. The maximum atomic E-state index is 9.71.